The molecule has 106 valence electrons. The molecule has 0 aliphatic rings. The Balaban J connectivity index is 2.93. The number of ether oxygens (including phenoxy) is 2. The molecule has 1 N–H and O–H groups in total. The van der Waals surface area contributed by atoms with E-state index in [0.29, 0.717) is 24.7 Å². The first-order chi connectivity index (χ1) is 9.12. The Morgan fingerprint density at radius 3 is 2.47 bits per heavy atom. The number of anilines is 1. The van der Waals surface area contributed by atoms with E-state index in [9.17, 15) is 4.79 Å². The summed E-state index contributed by atoms with van der Waals surface area (Å²) in [5.41, 5.74) is 0.665. The molecule has 0 saturated heterocycles. The summed E-state index contributed by atoms with van der Waals surface area (Å²) in [5.74, 6) is 1.37. The lowest BCUT2D eigenvalue weighted by molar-refractivity contribution is -0.119. The highest BCUT2D eigenvalue weighted by Gasteiger charge is 2.14. The van der Waals surface area contributed by atoms with E-state index in [1.165, 1.54) is 0 Å². The van der Waals surface area contributed by atoms with Gasteiger partial charge in [-0.25, -0.2) is 0 Å². The van der Waals surface area contributed by atoms with Crippen molar-refractivity contribution in [2.75, 3.05) is 18.5 Å². The van der Waals surface area contributed by atoms with Crippen LogP contribution in [0.4, 0.5) is 5.69 Å². The van der Waals surface area contributed by atoms with Crippen LogP contribution in [-0.4, -0.2) is 19.1 Å². The summed E-state index contributed by atoms with van der Waals surface area (Å²) in [6.07, 6.45) is 0.807. The number of carbonyl (C=O) groups excluding carboxylic acids is 1. The molecule has 0 aromatic heterocycles. The fourth-order valence-electron chi connectivity index (χ4n) is 1.59. The first-order valence-electron chi connectivity index (χ1n) is 6.82. The summed E-state index contributed by atoms with van der Waals surface area (Å²) in [5, 5.41) is 2.90. The van der Waals surface area contributed by atoms with Crippen LogP contribution in [0.15, 0.2) is 18.2 Å². The van der Waals surface area contributed by atoms with Gasteiger partial charge in [-0.3, -0.25) is 4.79 Å². The van der Waals surface area contributed by atoms with Crippen molar-refractivity contribution >= 4 is 11.6 Å². The van der Waals surface area contributed by atoms with Crippen molar-refractivity contribution in [1.29, 1.82) is 0 Å². The molecule has 4 nitrogen and oxygen atoms in total. The SMILES string of the molecule is CCOc1ccc(OCC)c(NC(=O)C(C)CC)c1. The molecule has 1 amide bonds. The maximum absolute atomic E-state index is 12.0. The van der Waals surface area contributed by atoms with Crippen LogP contribution in [0.5, 0.6) is 11.5 Å². The lowest BCUT2D eigenvalue weighted by Crippen LogP contribution is -2.20. The smallest absolute Gasteiger partial charge is 0.227 e. The molecule has 0 radical (unpaired) electrons. The van der Waals surface area contributed by atoms with Gasteiger partial charge in [0.1, 0.15) is 11.5 Å². The van der Waals surface area contributed by atoms with E-state index in [1.807, 2.05) is 39.8 Å². The molecule has 1 unspecified atom stereocenters. The zero-order valence-corrected chi connectivity index (χ0v) is 12.2. The van der Waals surface area contributed by atoms with Gasteiger partial charge in [0, 0.05) is 12.0 Å². The first-order valence-corrected chi connectivity index (χ1v) is 6.82. The Labute approximate surface area is 115 Å². The molecule has 1 rings (SSSR count). The fourth-order valence-corrected chi connectivity index (χ4v) is 1.59. The maximum atomic E-state index is 12.0. The minimum atomic E-state index is -0.0229. The third kappa shape index (κ3) is 4.47. The van der Waals surface area contributed by atoms with Crippen molar-refractivity contribution in [2.45, 2.75) is 34.1 Å². The lowest BCUT2D eigenvalue weighted by Gasteiger charge is -2.15. The maximum Gasteiger partial charge on any atom is 0.227 e. The highest BCUT2D eigenvalue weighted by Crippen LogP contribution is 2.30. The van der Waals surface area contributed by atoms with Gasteiger partial charge in [-0.15, -0.1) is 0 Å². The Hall–Kier alpha value is -1.71. The van der Waals surface area contributed by atoms with E-state index in [4.69, 9.17) is 9.47 Å². The second-order valence-electron chi connectivity index (χ2n) is 4.32. The summed E-state index contributed by atoms with van der Waals surface area (Å²) in [4.78, 5) is 12.0. The van der Waals surface area contributed by atoms with Gasteiger partial charge < -0.3 is 14.8 Å². The van der Waals surface area contributed by atoms with Crippen LogP contribution in [0.2, 0.25) is 0 Å². The van der Waals surface area contributed by atoms with Gasteiger partial charge in [0.15, 0.2) is 0 Å². The molecule has 0 aliphatic heterocycles. The molecule has 1 aromatic rings. The lowest BCUT2D eigenvalue weighted by atomic mass is 10.1. The minimum Gasteiger partial charge on any atom is -0.494 e. The molecule has 0 spiro atoms. The zero-order valence-electron chi connectivity index (χ0n) is 12.2. The van der Waals surface area contributed by atoms with Crippen molar-refractivity contribution < 1.29 is 14.3 Å². The second kappa shape index (κ2) is 7.67. The van der Waals surface area contributed by atoms with Crippen LogP contribution in [0, 0.1) is 5.92 Å². The third-order valence-corrected chi connectivity index (χ3v) is 2.88. The molecule has 4 heteroatoms. The van der Waals surface area contributed by atoms with Crippen LogP contribution < -0.4 is 14.8 Å². The van der Waals surface area contributed by atoms with E-state index < -0.39 is 0 Å². The van der Waals surface area contributed by atoms with Gasteiger partial charge in [0.05, 0.1) is 18.9 Å². The largest absolute Gasteiger partial charge is 0.494 e. The van der Waals surface area contributed by atoms with Crippen LogP contribution >= 0.6 is 0 Å². The first kappa shape index (κ1) is 15.3. The van der Waals surface area contributed by atoms with Crippen LogP contribution in [0.25, 0.3) is 0 Å². The van der Waals surface area contributed by atoms with Crippen molar-refractivity contribution in [2.24, 2.45) is 5.92 Å². The van der Waals surface area contributed by atoms with E-state index in [-0.39, 0.29) is 11.8 Å². The molecule has 0 fully saturated rings. The second-order valence-corrected chi connectivity index (χ2v) is 4.32. The molecule has 0 bridgehead atoms. The Kier molecular flexibility index (Phi) is 6.19. The van der Waals surface area contributed by atoms with Crippen LogP contribution in [0.3, 0.4) is 0 Å². The van der Waals surface area contributed by atoms with Crippen molar-refractivity contribution in [3.63, 3.8) is 0 Å². The normalized spacial score (nSPS) is 11.8. The monoisotopic (exact) mass is 265 g/mol. The van der Waals surface area contributed by atoms with Gasteiger partial charge in [0.2, 0.25) is 5.91 Å². The number of hydrogen-bond donors (Lipinski definition) is 1. The molecule has 0 aliphatic carbocycles. The molecule has 1 atom stereocenters. The van der Waals surface area contributed by atoms with E-state index in [1.54, 1.807) is 6.07 Å². The predicted molar refractivity (Wildman–Crippen MR) is 76.9 cm³/mol. The molecule has 1 aromatic carbocycles. The predicted octanol–water partition coefficient (Wildman–Crippen LogP) is 3.47. The standard InChI is InChI=1S/C15H23NO3/c1-5-11(4)15(17)16-13-10-12(18-6-2)8-9-14(13)19-7-3/h8-11H,5-7H2,1-4H3,(H,16,17). The van der Waals surface area contributed by atoms with Gasteiger partial charge in [-0.1, -0.05) is 13.8 Å². The van der Waals surface area contributed by atoms with Gasteiger partial charge in [-0.2, -0.15) is 0 Å². The Bertz CT molecular complexity index is 418. The zero-order chi connectivity index (χ0) is 14.3. The number of nitrogens with one attached hydrogen (secondary N) is 1. The summed E-state index contributed by atoms with van der Waals surface area (Å²) >= 11 is 0. The fraction of sp³-hybridized carbons (Fsp3) is 0.533. The van der Waals surface area contributed by atoms with Gasteiger partial charge in [0.25, 0.3) is 0 Å². The summed E-state index contributed by atoms with van der Waals surface area (Å²) in [7, 11) is 0. The van der Waals surface area contributed by atoms with Crippen LogP contribution in [-0.2, 0) is 4.79 Å². The summed E-state index contributed by atoms with van der Waals surface area (Å²) in [6.45, 7) is 8.88. The summed E-state index contributed by atoms with van der Waals surface area (Å²) in [6, 6.07) is 5.46. The number of amides is 1. The van der Waals surface area contributed by atoms with Crippen LogP contribution in [0.1, 0.15) is 34.1 Å². The molecule has 19 heavy (non-hydrogen) atoms. The number of hydrogen-bond acceptors (Lipinski definition) is 3. The van der Waals surface area contributed by atoms with E-state index in [0.717, 1.165) is 12.2 Å². The Morgan fingerprint density at radius 2 is 1.89 bits per heavy atom. The highest BCUT2D eigenvalue weighted by atomic mass is 16.5. The summed E-state index contributed by atoms with van der Waals surface area (Å²) < 4.78 is 11.0. The number of rotatable bonds is 7. The molecule has 0 saturated carbocycles. The highest BCUT2D eigenvalue weighted by molar-refractivity contribution is 5.94. The quantitative estimate of drug-likeness (QED) is 0.821. The Morgan fingerprint density at radius 1 is 1.21 bits per heavy atom. The topological polar surface area (TPSA) is 47.6 Å². The van der Waals surface area contributed by atoms with Crippen molar-refractivity contribution in [3.05, 3.63) is 18.2 Å². The molecule has 0 heterocycles. The van der Waals surface area contributed by atoms with Gasteiger partial charge >= 0.3 is 0 Å². The number of carbonyl (C=O) groups is 1. The van der Waals surface area contributed by atoms with Crippen molar-refractivity contribution in [3.8, 4) is 11.5 Å². The minimum absolute atomic E-state index is 0.00268. The molecular formula is C15H23NO3. The molecular weight excluding hydrogens is 242 g/mol. The van der Waals surface area contributed by atoms with E-state index in [2.05, 4.69) is 5.32 Å². The van der Waals surface area contributed by atoms with Gasteiger partial charge in [-0.05, 0) is 32.4 Å². The van der Waals surface area contributed by atoms with E-state index >= 15 is 0 Å². The number of benzene rings is 1. The third-order valence-electron chi connectivity index (χ3n) is 2.88. The average Bonchev–Trinajstić information content (AvgIpc) is 2.41. The average molecular weight is 265 g/mol. The van der Waals surface area contributed by atoms with Crippen molar-refractivity contribution in [1.82, 2.24) is 0 Å².